The Bertz CT molecular complexity index is 470. The monoisotopic (exact) mass is 278 g/mol. The fraction of sp³-hybridized carbons (Fsp3) is 0.562. The number of nitrogens with zero attached hydrogens (tertiary/aromatic N) is 1. The van der Waals surface area contributed by atoms with Crippen LogP contribution in [0.25, 0.3) is 0 Å². The van der Waals surface area contributed by atoms with E-state index in [0.717, 1.165) is 25.8 Å². The number of aryl methyl sites for hydroxylation is 1. The average molecular weight is 278 g/mol. The highest BCUT2D eigenvalue weighted by Crippen LogP contribution is 2.17. The van der Waals surface area contributed by atoms with Gasteiger partial charge in [0.15, 0.2) is 0 Å². The van der Waals surface area contributed by atoms with Crippen LogP contribution in [-0.2, 0) is 0 Å². The van der Waals surface area contributed by atoms with E-state index in [1.165, 1.54) is 6.07 Å². The molecule has 1 atom stereocenters. The summed E-state index contributed by atoms with van der Waals surface area (Å²) in [5.41, 5.74) is 0.0759. The molecule has 0 aliphatic carbocycles. The van der Waals surface area contributed by atoms with Gasteiger partial charge in [0.2, 0.25) is 0 Å². The van der Waals surface area contributed by atoms with Gasteiger partial charge in [-0.3, -0.25) is 5.32 Å². The SMILES string of the molecule is CCCNC(C)(C#N)CCCOc1ccc(F)c(C)c1. The van der Waals surface area contributed by atoms with Gasteiger partial charge in [-0.2, -0.15) is 5.26 Å². The van der Waals surface area contributed by atoms with Gasteiger partial charge >= 0.3 is 0 Å². The van der Waals surface area contributed by atoms with Crippen molar-refractivity contribution in [3.8, 4) is 11.8 Å². The molecule has 1 N–H and O–H groups in total. The molecule has 0 fully saturated rings. The van der Waals surface area contributed by atoms with Crippen molar-refractivity contribution in [2.24, 2.45) is 0 Å². The molecule has 4 heteroatoms. The molecule has 0 aromatic heterocycles. The number of ether oxygens (including phenoxy) is 1. The minimum absolute atomic E-state index is 0.224. The van der Waals surface area contributed by atoms with E-state index in [1.807, 2.05) is 6.92 Å². The number of hydrogen-bond acceptors (Lipinski definition) is 3. The van der Waals surface area contributed by atoms with Crippen LogP contribution in [-0.4, -0.2) is 18.7 Å². The first-order valence-electron chi connectivity index (χ1n) is 7.06. The Balaban J connectivity index is 2.37. The normalized spacial score (nSPS) is 13.6. The lowest BCUT2D eigenvalue weighted by molar-refractivity contribution is 0.285. The Kier molecular flexibility index (Phi) is 6.47. The molecule has 0 saturated heterocycles. The van der Waals surface area contributed by atoms with Crippen LogP contribution >= 0.6 is 0 Å². The molecule has 0 amide bonds. The third-order valence-electron chi connectivity index (χ3n) is 3.23. The Labute approximate surface area is 120 Å². The summed E-state index contributed by atoms with van der Waals surface area (Å²) in [4.78, 5) is 0. The molecule has 1 rings (SSSR count). The Morgan fingerprint density at radius 3 is 2.80 bits per heavy atom. The van der Waals surface area contributed by atoms with Crippen LogP contribution in [0, 0.1) is 24.1 Å². The van der Waals surface area contributed by atoms with Crippen molar-refractivity contribution in [3.05, 3.63) is 29.6 Å². The molecule has 0 aliphatic rings. The minimum Gasteiger partial charge on any atom is -0.494 e. The largest absolute Gasteiger partial charge is 0.494 e. The minimum atomic E-state index is -0.502. The highest BCUT2D eigenvalue weighted by Gasteiger charge is 2.21. The van der Waals surface area contributed by atoms with E-state index < -0.39 is 5.54 Å². The smallest absolute Gasteiger partial charge is 0.126 e. The summed E-state index contributed by atoms with van der Waals surface area (Å²) < 4.78 is 18.7. The summed E-state index contributed by atoms with van der Waals surface area (Å²) in [7, 11) is 0. The maximum Gasteiger partial charge on any atom is 0.126 e. The molecule has 1 aromatic carbocycles. The molecule has 1 aromatic rings. The van der Waals surface area contributed by atoms with Gasteiger partial charge in [0.05, 0.1) is 12.7 Å². The maximum absolute atomic E-state index is 13.1. The van der Waals surface area contributed by atoms with E-state index in [-0.39, 0.29) is 5.82 Å². The molecule has 0 radical (unpaired) electrons. The zero-order valence-electron chi connectivity index (χ0n) is 12.5. The zero-order chi connectivity index (χ0) is 15.0. The van der Waals surface area contributed by atoms with Crippen LogP contribution in [0.4, 0.5) is 4.39 Å². The van der Waals surface area contributed by atoms with E-state index in [1.54, 1.807) is 19.1 Å². The van der Waals surface area contributed by atoms with Crippen molar-refractivity contribution in [2.75, 3.05) is 13.2 Å². The molecule has 0 bridgehead atoms. The fourth-order valence-corrected chi connectivity index (χ4v) is 1.91. The van der Waals surface area contributed by atoms with Gasteiger partial charge in [0.25, 0.3) is 0 Å². The molecule has 0 aliphatic heterocycles. The number of benzene rings is 1. The van der Waals surface area contributed by atoms with Gasteiger partial charge in [0.1, 0.15) is 17.1 Å². The van der Waals surface area contributed by atoms with Gasteiger partial charge in [-0.15, -0.1) is 0 Å². The third-order valence-corrected chi connectivity index (χ3v) is 3.23. The van der Waals surface area contributed by atoms with Crippen molar-refractivity contribution >= 4 is 0 Å². The number of rotatable bonds is 8. The second-order valence-electron chi connectivity index (χ2n) is 5.23. The average Bonchev–Trinajstić information content (AvgIpc) is 2.45. The first kappa shape index (κ1) is 16.5. The lowest BCUT2D eigenvalue weighted by Gasteiger charge is -2.23. The van der Waals surface area contributed by atoms with Gasteiger partial charge in [-0.25, -0.2) is 4.39 Å². The van der Waals surface area contributed by atoms with Crippen LogP contribution in [0.2, 0.25) is 0 Å². The van der Waals surface area contributed by atoms with Crippen molar-refractivity contribution in [1.82, 2.24) is 5.32 Å². The molecular formula is C16H23FN2O. The third kappa shape index (κ3) is 5.18. The highest BCUT2D eigenvalue weighted by atomic mass is 19.1. The summed E-state index contributed by atoms with van der Waals surface area (Å²) in [6.45, 7) is 7.05. The van der Waals surface area contributed by atoms with Crippen molar-refractivity contribution < 1.29 is 9.13 Å². The molecular weight excluding hydrogens is 255 g/mol. The molecule has 0 heterocycles. The molecule has 1 unspecified atom stereocenters. The van der Waals surface area contributed by atoms with Gasteiger partial charge in [0, 0.05) is 0 Å². The summed E-state index contributed by atoms with van der Waals surface area (Å²) in [5, 5.41) is 12.4. The maximum atomic E-state index is 13.1. The highest BCUT2D eigenvalue weighted by molar-refractivity contribution is 5.28. The first-order valence-corrected chi connectivity index (χ1v) is 7.06. The zero-order valence-corrected chi connectivity index (χ0v) is 12.5. The summed E-state index contributed by atoms with van der Waals surface area (Å²) in [6.07, 6.45) is 2.50. The van der Waals surface area contributed by atoms with Gasteiger partial charge in [-0.1, -0.05) is 6.92 Å². The lowest BCUT2D eigenvalue weighted by Crippen LogP contribution is -2.41. The van der Waals surface area contributed by atoms with Crippen LogP contribution in [0.5, 0.6) is 5.75 Å². The van der Waals surface area contributed by atoms with E-state index in [4.69, 9.17) is 4.74 Å². The van der Waals surface area contributed by atoms with Crippen LogP contribution < -0.4 is 10.1 Å². The van der Waals surface area contributed by atoms with Crippen LogP contribution in [0.15, 0.2) is 18.2 Å². The van der Waals surface area contributed by atoms with E-state index >= 15 is 0 Å². The number of nitrogens with one attached hydrogen (secondary N) is 1. The lowest BCUT2D eigenvalue weighted by atomic mass is 9.98. The number of hydrogen-bond donors (Lipinski definition) is 1. The molecule has 110 valence electrons. The second-order valence-corrected chi connectivity index (χ2v) is 5.23. The first-order chi connectivity index (χ1) is 9.50. The van der Waals surface area contributed by atoms with E-state index in [2.05, 4.69) is 18.3 Å². The molecule has 0 saturated carbocycles. The second kappa shape index (κ2) is 7.86. The summed E-state index contributed by atoms with van der Waals surface area (Å²) >= 11 is 0. The van der Waals surface area contributed by atoms with Gasteiger partial charge in [-0.05, 0) is 63.4 Å². The van der Waals surface area contributed by atoms with Crippen molar-refractivity contribution in [2.45, 2.75) is 45.6 Å². The number of halogens is 1. The van der Waals surface area contributed by atoms with Crippen molar-refractivity contribution in [3.63, 3.8) is 0 Å². The molecule has 3 nitrogen and oxygen atoms in total. The van der Waals surface area contributed by atoms with E-state index in [0.29, 0.717) is 17.9 Å². The van der Waals surface area contributed by atoms with Gasteiger partial charge < -0.3 is 4.74 Å². The predicted octanol–water partition coefficient (Wildman–Crippen LogP) is 3.58. The summed E-state index contributed by atoms with van der Waals surface area (Å²) in [5.74, 6) is 0.447. The molecule has 0 spiro atoms. The quantitative estimate of drug-likeness (QED) is 0.739. The Morgan fingerprint density at radius 1 is 1.45 bits per heavy atom. The predicted molar refractivity (Wildman–Crippen MR) is 78.2 cm³/mol. The van der Waals surface area contributed by atoms with Crippen LogP contribution in [0.3, 0.4) is 0 Å². The standard InChI is InChI=1S/C16H23FN2O/c1-4-9-19-16(3,12-18)8-5-10-20-14-6-7-15(17)13(2)11-14/h6-7,11,19H,4-5,8-10H2,1-3H3. The van der Waals surface area contributed by atoms with Crippen molar-refractivity contribution in [1.29, 1.82) is 5.26 Å². The molecule has 20 heavy (non-hydrogen) atoms. The summed E-state index contributed by atoms with van der Waals surface area (Å²) in [6, 6.07) is 7.04. The van der Waals surface area contributed by atoms with Crippen LogP contribution in [0.1, 0.15) is 38.7 Å². The number of nitriles is 1. The van der Waals surface area contributed by atoms with E-state index in [9.17, 15) is 9.65 Å². The Hall–Kier alpha value is -1.60. The topological polar surface area (TPSA) is 45.0 Å². The fourth-order valence-electron chi connectivity index (χ4n) is 1.91. The Morgan fingerprint density at radius 2 is 2.20 bits per heavy atom.